The molecule has 36 heteroatoms. The first kappa shape index (κ1) is 51.9. The SMILES string of the molecule is CN(C)P(=NP1(N=NPN=N)=NP(N=P(N(C)C)(N(C)C)N(C)C)(N=P(N(C)C)(N(C)C)N(C)C)=NP(N=NPN=N)(N=NPN=N)=N1)(N(C)C)N(C)C. The van der Waals surface area contributed by atoms with Gasteiger partial charge in [-0.1, -0.05) is 0 Å². The van der Waals surface area contributed by atoms with Gasteiger partial charge in [0.1, 0.15) is 0 Å². The van der Waals surface area contributed by atoms with Crippen molar-refractivity contribution in [3.8, 4) is 0 Å². The van der Waals surface area contributed by atoms with Crippen molar-refractivity contribution in [2.45, 2.75) is 0 Å². The van der Waals surface area contributed by atoms with Crippen LogP contribution in [0.3, 0.4) is 0 Å². The lowest BCUT2D eigenvalue weighted by Gasteiger charge is -2.44. The molecule has 0 amide bonds. The molecule has 3 N–H and O–H groups in total. The molecular weight excluding hydrogens is 873 g/mol. The van der Waals surface area contributed by atoms with Crippen LogP contribution in [0.1, 0.15) is 0 Å². The topological polar surface area (TPSA) is 286 Å². The summed E-state index contributed by atoms with van der Waals surface area (Å²) in [5, 5.41) is 0. The average molecular weight is 934 g/mol. The normalized spacial score (nSPS) is 22.1. The molecule has 0 saturated heterocycles. The van der Waals surface area contributed by atoms with Crippen LogP contribution in [-0.2, 0) is 0 Å². The number of hydrogen-bond donors (Lipinski definition) is 3. The summed E-state index contributed by atoms with van der Waals surface area (Å²) in [5.74, 6) is 0. The summed E-state index contributed by atoms with van der Waals surface area (Å²) in [7, 11) is 12.2. The maximum Gasteiger partial charge on any atom is 0.348 e. The van der Waals surface area contributed by atoms with Gasteiger partial charge in [-0.15, -0.1) is 29.3 Å². The monoisotopic (exact) mass is 933 g/mol. The molecule has 0 spiro atoms. The minimum absolute atomic E-state index is 0.607. The lowest BCUT2D eigenvalue weighted by molar-refractivity contribution is 0.474. The molecule has 0 bridgehead atoms. The first-order valence-electron chi connectivity index (χ1n) is 15.5. The van der Waals surface area contributed by atoms with Crippen molar-refractivity contribution in [1.29, 1.82) is 16.6 Å². The highest BCUT2D eigenvalue weighted by atomic mass is 31.3. The Hall–Kier alpha value is -0.0900. The summed E-state index contributed by atoms with van der Waals surface area (Å²) in [5.41, 5.74) is 22.5. The third-order valence-corrected chi connectivity index (χ3v) is 30.6. The molecule has 0 aromatic rings. The fourth-order valence-corrected chi connectivity index (χ4v) is 33.2. The minimum atomic E-state index is -4.00. The second-order valence-electron chi connectivity index (χ2n) is 12.6. The van der Waals surface area contributed by atoms with E-state index >= 15 is 0 Å². The van der Waals surface area contributed by atoms with Gasteiger partial charge < -0.3 is 0 Å². The van der Waals surface area contributed by atoms with Crippen molar-refractivity contribution in [3.05, 3.63) is 0 Å². The van der Waals surface area contributed by atoms with E-state index in [1.807, 2.05) is 169 Å². The van der Waals surface area contributed by atoms with Crippen molar-refractivity contribution in [2.24, 2.45) is 71.1 Å². The fraction of sp³-hybridized carbons (Fsp3) is 1.00. The van der Waals surface area contributed by atoms with E-state index in [9.17, 15) is 0 Å². The van der Waals surface area contributed by atoms with E-state index in [-0.39, 0.29) is 0 Å². The second-order valence-corrected chi connectivity index (χ2v) is 32.9. The van der Waals surface area contributed by atoms with Crippen LogP contribution in [0.15, 0.2) is 71.1 Å². The van der Waals surface area contributed by atoms with Crippen molar-refractivity contribution in [1.82, 2.24) is 42.0 Å². The Balaban J connectivity index is 5.69. The maximum absolute atomic E-state index is 7.57. The van der Waals surface area contributed by atoms with Crippen LogP contribution in [0.5, 0.6) is 0 Å². The van der Waals surface area contributed by atoms with Crippen LogP contribution in [0.2, 0.25) is 0 Å². The van der Waals surface area contributed by atoms with E-state index in [4.69, 9.17) is 48.6 Å². The fourth-order valence-electron chi connectivity index (χ4n) is 5.53. The summed E-state index contributed by atoms with van der Waals surface area (Å²) in [6.45, 7) is 0. The van der Waals surface area contributed by atoms with E-state index in [1.54, 1.807) is 0 Å². The Labute approximate surface area is 327 Å². The first-order valence-corrected chi connectivity index (χ1v) is 27.7. The van der Waals surface area contributed by atoms with Crippen molar-refractivity contribution < 1.29 is 0 Å². The molecule has 1 aliphatic rings. The van der Waals surface area contributed by atoms with Gasteiger partial charge in [0, 0.05) is 0 Å². The molecule has 1 aliphatic heterocycles. The Morgan fingerprint density at radius 3 is 0.796 bits per heavy atom. The van der Waals surface area contributed by atoms with Gasteiger partial charge in [0.05, 0.1) is 0 Å². The Bertz CT molecular complexity index is 1600. The average Bonchev–Trinajstić information content (AvgIpc) is 3.04. The standard InChI is InChI=1S/C18H60N27P9/c1-37(2)52(38(3)4,39(5)6)34-50(30-27-48-24-21)31-49(28-25-46-22-19,29-26-47-23-20)32-51(33-50,35-53(40(7)8,41(9)10)42(11)12)36-54(43(13)14,44(15)16)45(17)18/h19-21,46-48H,1-18H3. The highest BCUT2D eigenvalue weighted by Gasteiger charge is 2.46. The van der Waals surface area contributed by atoms with Gasteiger partial charge in [0.2, 0.25) is 0 Å². The lowest BCUT2D eigenvalue weighted by Crippen LogP contribution is -2.31. The second kappa shape index (κ2) is 21.8. The van der Waals surface area contributed by atoms with Crippen LogP contribution in [-0.4, -0.2) is 169 Å². The molecule has 0 radical (unpaired) electrons. The van der Waals surface area contributed by atoms with Crippen LogP contribution >= 0.6 is 71.7 Å². The Morgan fingerprint density at radius 2 is 0.556 bits per heavy atom. The van der Waals surface area contributed by atoms with Gasteiger partial charge in [0.25, 0.3) is 0 Å². The molecule has 0 aromatic carbocycles. The van der Waals surface area contributed by atoms with E-state index < -0.39 is 71.7 Å². The summed E-state index contributed by atoms with van der Waals surface area (Å²) in [6.07, 6.45) is 0. The Morgan fingerprint density at radius 1 is 0.352 bits per heavy atom. The van der Waals surface area contributed by atoms with E-state index in [2.05, 4.69) is 39.1 Å². The van der Waals surface area contributed by atoms with Gasteiger partial charge in [-0.3, -0.25) is 42.0 Å². The highest BCUT2D eigenvalue weighted by molar-refractivity contribution is 7.89. The van der Waals surface area contributed by atoms with Gasteiger partial charge in [0.15, 0.2) is 49.2 Å². The maximum atomic E-state index is 7.57. The molecule has 54 heavy (non-hydrogen) atoms. The minimum Gasteiger partial charge on any atom is -0.252 e. The molecule has 1 heterocycles. The highest BCUT2D eigenvalue weighted by Crippen LogP contribution is 2.88. The van der Waals surface area contributed by atoms with Crippen LogP contribution < -0.4 is 0 Å². The smallest absolute Gasteiger partial charge is 0.252 e. The zero-order chi connectivity index (χ0) is 41.9. The van der Waals surface area contributed by atoms with E-state index in [0.29, 0.717) is 0 Å². The zero-order valence-corrected chi connectivity index (χ0v) is 42.8. The number of rotatable bonds is 21. The van der Waals surface area contributed by atoms with Gasteiger partial charge in [-0.2, -0.15) is 41.7 Å². The van der Waals surface area contributed by atoms with Crippen LogP contribution in [0.4, 0.5) is 0 Å². The molecule has 27 nitrogen and oxygen atoms in total. The number of hydrogen-bond acceptors (Lipinski definition) is 18. The predicted octanol–water partition coefficient (Wildman–Crippen LogP) is 10.7. The lowest BCUT2D eigenvalue weighted by atomic mass is 11.2. The summed E-state index contributed by atoms with van der Waals surface area (Å²) < 4.78 is 51.2. The third-order valence-electron chi connectivity index (χ3n) is 7.05. The van der Waals surface area contributed by atoms with Crippen LogP contribution in [0, 0.1) is 16.6 Å². The van der Waals surface area contributed by atoms with Crippen molar-refractivity contribution in [2.75, 3.05) is 127 Å². The Kier molecular flexibility index (Phi) is 20.9. The molecular formula is C18H60N27P9. The molecule has 312 valence electrons. The van der Waals surface area contributed by atoms with Gasteiger partial charge in [-0.25, -0.2) is 16.6 Å². The molecule has 4 atom stereocenters. The molecule has 0 aromatic heterocycles. The molecule has 0 fully saturated rings. The predicted molar refractivity (Wildman–Crippen MR) is 234 cm³/mol. The van der Waals surface area contributed by atoms with Crippen molar-refractivity contribution in [3.63, 3.8) is 0 Å². The first-order chi connectivity index (χ1) is 24.9. The molecule has 1 rings (SSSR count). The van der Waals surface area contributed by atoms with Crippen molar-refractivity contribution >= 4 is 71.7 Å². The molecule has 0 saturated carbocycles. The zero-order valence-electron chi connectivity index (χ0n) is 34.4. The molecule has 0 aliphatic carbocycles. The number of nitrogens with one attached hydrogen (secondary N) is 3. The summed E-state index contributed by atoms with van der Waals surface area (Å²) >= 11 is 0. The number of nitrogens with zero attached hydrogens (tertiary/aromatic N) is 24. The molecule has 4 unspecified atom stereocenters. The van der Waals surface area contributed by atoms with Gasteiger partial charge in [-0.05, 0) is 127 Å². The largest absolute Gasteiger partial charge is 0.348 e. The quantitative estimate of drug-likeness (QED) is 0.0727. The summed E-state index contributed by atoms with van der Waals surface area (Å²) in [4.78, 5) is 37.0. The van der Waals surface area contributed by atoms with E-state index in [1.165, 1.54) is 0 Å². The summed E-state index contributed by atoms with van der Waals surface area (Å²) in [6, 6.07) is 0. The van der Waals surface area contributed by atoms with E-state index in [0.717, 1.165) is 0 Å². The van der Waals surface area contributed by atoms with Gasteiger partial charge >= 0.3 is 22.5 Å². The van der Waals surface area contributed by atoms with Crippen LogP contribution in [0.25, 0.3) is 0 Å². The third kappa shape index (κ3) is 11.6.